The lowest BCUT2D eigenvalue weighted by Crippen LogP contribution is -2.52. The van der Waals surface area contributed by atoms with Crippen LogP contribution in [0.15, 0.2) is 36.4 Å². The Kier molecular flexibility index (Phi) is 4.50. The summed E-state index contributed by atoms with van der Waals surface area (Å²) in [5.74, 6) is 0.792. The van der Waals surface area contributed by atoms with Gasteiger partial charge in [-0.25, -0.2) is 4.39 Å². The van der Waals surface area contributed by atoms with E-state index >= 15 is 0 Å². The monoisotopic (exact) mass is 422 g/mol. The number of Topliss-reactive ketones (excluding diaryl/α,β-unsaturated/α-hetero) is 1. The number of halogens is 1. The molecule has 5 rings (SSSR count). The van der Waals surface area contributed by atoms with Crippen LogP contribution >= 0.6 is 0 Å². The normalized spacial score (nSPS) is 17.5. The minimum Gasteiger partial charge on any atom is -0.497 e. The van der Waals surface area contributed by atoms with E-state index in [1.54, 1.807) is 36.3 Å². The topological polar surface area (TPSA) is 71.6 Å². The quantitative estimate of drug-likeness (QED) is 0.670. The van der Waals surface area contributed by atoms with Crippen molar-refractivity contribution >= 4 is 22.6 Å². The molecule has 1 amide bonds. The summed E-state index contributed by atoms with van der Waals surface area (Å²) in [6, 6.07) is 9.71. The van der Waals surface area contributed by atoms with Gasteiger partial charge in [-0.15, -0.1) is 0 Å². The number of H-pyrrole nitrogens is 1. The number of methoxy groups -OCH3 is 1. The van der Waals surface area contributed by atoms with Crippen molar-refractivity contribution in [3.63, 3.8) is 0 Å². The molecule has 0 unspecified atom stereocenters. The number of amides is 1. The summed E-state index contributed by atoms with van der Waals surface area (Å²) in [5, 5.41) is 0.712. The Balaban J connectivity index is 1.35. The molecule has 1 aromatic heterocycles. The Morgan fingerprint density at radius 2 is 1.97 bits per heavy atom. The van der Waals surface area contributed by atoms with Crippen LogP contribution in [0.1, 0.15) is 45.7 Å². The molecule has 0 saturated carbocycles. The van der Waals surface area contributed by atoms with Crippen molar-refractivity contribution in [2.75, 3.05) is 20.2 Å². The third-order valence-electron chi connectivity index (χ3n) is 6.49. The average molecular weight is 422 g/mol. The summed E-state index contributed by atoms with van der Waals surface area (Å²) in [6.07, 6.45) is 1.43. The lowest BCUT2D eigenvalue weighted by molar-refractivity contribution is -0.00594. The van der Waals surface area contributed by atoms with Gasteiger partial charge in [0.25, 0.3) is 5.91 Å². The standard InChI is InChI=1S/C24H23FN2O4/c1-14-18-11-15(25)3-6-19(18)26-22(14)23(29)27-9-7-24(8-10-27)13-20(28)17-5-4-16(30-2)12-21(17)31-24/h3-6,11-12,26H,7-10,13H2,1-2H3. The number of aromatic nitrogens is 1. The molecule has 1 saturated heterocycles. The summed E-state index contributed by atoms with van der Waals surface area (Å²) in [4.78, 5) is 30.8. The number of benzene rings is 2. The van der Waals surface area contributed by atoms with Gasteiger partial charge < -0.3 is 19.4 Å². The average Bonchev–Trinajstić information content (AvgIpc) is 3.09. The molecule has 3 heterocycles. The molecule has 1 fully saturated rings. The van der Waals surface area contributed by atoms with E-state index in [1.165, 1.54) is 12.1 Å². The van der Waals surface area contributed by atoms with E-state index in [0.717, 1.165) is 11.1 Å². The number of nitrogens with zero attached hydrogens (tertiary/aromatic N) is 1. The number of carbonyl (C=O) groups is 2. The second-order valence-electron chi connectivity index (χ2n) is 8.35. The first-order valence-electron chi connectivity index (χ1n) is 10.4. The van der Waals surface area contributed by atoms with Crippen LogP contribution in [0.25, 0.3) is 10.9 Å². The van der Waals surface area contributed by atoms with E-state index in [1.807, 2.05) is 6.92 Å². The molecule has 1 N–H and O–H groups in total. The zero-order valence-corrected chi connectivity index (χ0v) is 17.5. The first-order chi connectivity index (χ1) is 14.9. The molecule has 0 radical (unpaired) electrons. The molecule has 0 aliphatic carbocycles. The van der Waals surface area contributed by atoms with Crippen LogP contribution < -0.4 is 9.47 Å². The van der Waals surface area contributed by atoms with Crippen molar-refractivity contribution in [2.45, 2.75) is 31.8 Å². The van der Waals surface area contributed by atoms with E-state index < -0.39 is 5.60 Å². The number of likely N-dealkylation sites (tertiary alicyclic amines) is 1. The Bertz CT molecular complexity index is 1210. The summed E-state index contributed by atoms with van der Waals surface area (Å²) in [6.45, 7) is 2.79. The maximum absolute atomic E-state index is 13.6. The van der Waals surface area contributed by atoms with Crippen molar-refractivity contribution in [2.24, 2.45) is 0 Å². The fourth-order valence-corrected chi connectivity index (χ4v) is 4.67. The van der Waals surface area contributed by atoms with Crippen LogP contribution in [0.2, 0.25) is 0 Å². The van der Waals surface area contributed by atoms with E-state index in [2.05, 4.69) is 4.98 Å². The van der Waals surface area contributed by atoms with Crippen molar-refractivity contribution in [3.05, 3.63) is 59.0 Å². The zero-order chi connectivity index (χ0) is 21.8. The molecule has 0 bridgehead atoms. The highest BCUT2D eigenvalue weighted by molar-refractivity contribution is 6.02. The van der Waals surface area contributed by atoms with E-state index in [-0.39, 0.29) is 17.5 Å². The number of aryl methyl sites for hydroxylation is 1. The minimum absolute atomic E-state index is 0.0529. The molecule has 6 nitrogen and oxygen atoms in total. The third-order valence-corrected chi connectivity index (χ3v) is 6.49. The molecule has 2 aliphatic rings. The fraction of sp³-hybridized carbons (Fsp3) is 0.333. The van der Waals surface area contributed by atoms with Gasteiger partial charge in [-0.2, -0.15) is 0 Å². The van der Waals surface area contributed by atoms with Gasteiger partial charge in [-0.1, -0.05) is 0 Å². The van der Waals surface area contributed by atoms with Crippen LogP contribution in [-0.2, 0) is 0 Å². The molecule has 2 aromatic carbocycles. The summed E-state index contributed by atoms with van der Waals surface area (Å²) in [5.41, 5.74) is 1.93. The number of rotatable bonds is 2. The number of hydrogen-bond donors (Lipinski definition) is 1. The van der Waals surface area contributed by atoms with Gasteiger partial charge in [-0.05, 0) is 42.8 Å². The predicted molar refractivity (Wildman–Crippen MR) is 113 cm³/mol. The summed E-state index contributed by atoms with van der Waals surface area (Å²) in [7, 11) is 1.58. The van der Waals surface area contributed by atoms with Crippen LogP contribution in [0.3, 0.4) is 0 Å². The van der Waals surface area contributed by atoms with Gasteiger partial charge in [0.15, 0.2) is 5.78 Å². The van der Waals surface area contributed by atoms with E-state index in [0.29, 0.717) is 60.5 Å². The number of nitrogens with one attached hydrogen (secondary N) is 1. The second-order valence-corrected chi connectivity index (χ2v) is 8.35. The maximum atomic E-state index is 13.6. The highest BCUT2D eigenvalue weighted by Gasteiger charge is 2.44. The van der Waals surface area contributed by atoms with Gasteiger partial charge in [-0.3, -0.25) is 9.59 Å². The van der Waals surface area contributed by atoms with Crippen molar-refractivity contribution in [1.82, 2.24) is 9.88 Å². The smallest absolute Gasteiger partial charge is 0.270 e. The molecular formula is C24H23FN2O4. The lowest BCUT2D eigenvalue weighted by atomic mass is 9.82. The van der Waals surface area contributed by atoms with Gasteiger partial charge in [0.2, 0.25) is 0 Å². The van der Waals surface area contributed by atoms with Crippen LogP contribution in [0.5, 0.6) is 11.5 Å². The van der Waals surface area contributed by atoms with Crippen molar-refractivity contribution in [3.8, 4) is 11.5 Å². The van der Waals surface area contributed by atoms with E-state index in [9.17, 15) is 14.0 Å². The Morgan fingerprint density at radius 3 is 2.71 bits per heavy atom. The van der Waals surface area contributed by atoms with Gasteiger partial charge in [0.1, 0.15) is 28.6 Å². The second kappa shape index (κ2) is 7.11. The third kappa shape index (κ3) is 3.24. The largest absolute Gasteiger partial charge is 0.497 e. The van der Waals surface area contributed by atoms with Gasteiger partial charge in [0, 0.05) is 42.9 Å². The van der Waals surface area contributed by atoms with Gasteiger partial charge >= 0.3 is 0 Å². The first-order valence-corrected chi connectivity index (χ1v) is 10.4. The minimum atomic E-state index is -0.605. The number of aromatic amines is 1. The van der Waals surface area contributed by atoms with Crippen molar-refractivity contribution < 1.29 is 23.5 Å². The van der Waals surface area contributed by atoms with E-state index in [4.69, 9.17) is 9.47 Å². The molecule has 160 valence electrons. The van der Waals surface area contributed by atoms with Gasteiger partial charge in [0.05, 0.1) is 19.1 Å². The fourth-order valence-electron chi connectivity index (χ4n) is 4.67. The number of piperidine rings is 1. The Hall–Kier alpha value is -3.35. The lowest BCUT2D eigenvalue weighted by Gasteiger charge is -2.44. The number of ether oxygens (including phenoxy) is 2. The van der Waals surface area contributed by atoms with Crippen molar-refractivity contribution in [1.29, 1.82) is 0 Å². The number of carbonyl (C=O) groups excluding carboxylic acids is 2. The Morgan fingerprint density at radius 1 is 1.19 bits per heavy atom. The maximum Gasteiger partial charge on any atom is 0.270 e. The number of fused-ring (bicyclic) bond motifs is 2. The van der Waals surface area contributed by atoms with Crippen LogP contribution in [0.4, 0.5) is 4.39 Å². The summed E-state index contributed by atoms with van der Waals surface area (Å²) < 4.78 is 25.2. The highest BCUT2D eigenvalue weighted by atomic mass is 19.1. The highest BCUT2D eigenvalue weighted by Crippen LogP contribution is 2.41. The molecule has 31 heavy (non-hydrogen) atoms. The molecule has 0 atom stereocenters. The first kappa shape index (κ1) is 19.6. The molecule has 2 aliphatic heterocycles. The molecular weight excluding hydrogens is 399 g/mol. The zero-order valence-electron chi connectivity index (χ0n) is 17.5. The Labute approximate surface area is 178 Å². The van der Waals surface area contributed by atoms with Crippen LogP contribution in [0, 0.1) is 12.7 Å². The summed E-state index contributed by atoms with van der Waals surface area (Å²) >= 11 is 0. The number of hydrogen-bond acceptors (Lipinski definition) is 4. The number of ketones is 1. The SMILES string of the molecule is COc1ccc2c(c1)OC1(CCN(C(=O)c3[nH]c4ccc(F)cc4c3C)CC1)CC2=O. The molecule has 7 heteroatoms. The molecule has 3 aromatic rings. The molecule has 1 spiro atoms. The predicted octanol–water partition coefficient (Wildman–Crippen LogP) is 4.26. The van der Waals surface area contributed by atoms with Crippen LogP contribution in [-0.4, -0.2) is 47.4 Å².